The second-order valence-corrected chi connectivity index (χ2v) is 5.79. The second-order valence-electron chi connectivity index (χ2n) is 4.87. The predicted molar refractivity (Wildman–Crippen MR) is 91.8 cm³/mol. The third kappa shape index (κ3) is 5.28. The maximum atomic E-state index is 11.7. The SMILES string of the molecule is CCOC(=O)Cc1ccc(OC)cc1OCc1cccc(Br)c1. The Balaban J connectivity index is 2.15. The third-order valence-corrected chi connectivity index (χ3v) is 3.69. The Morgan fingerprint density at radius 3 is 2.70 bits per heavy atom. The summed E-state index contributed by atoms with van der Waals surface area (Å²) in [4.78, 5) is 11.7. The molecule has 0 atom stereocenters. The first-order valence-electron chi connectivity index (χ1n) is 7.32. The summed E-state index contributed by atoms with van der Waals surface area (Å²) >= 11 is 3.44. The summed E-state index contributed by atoms with van der Waals surface area (Å²) in [6.45, 7) is 2.56. The van der Waals surface area contributed by atoms with E-state index in [2.05, 4.69) is 15.9 Å². The van der Waals surface area contributed by atoms with Gasteiger partial charge in [-0.2, -0.15) is 0 Å². The number of benzene rings is 2. The fraction of sp³-hybridized carbons (Fsp3) is 0.278. The number of methoxy groups -OCH3 is 1. The number of ether oxygens (including phenoxy) is 3. The van der Waals surface area contributed by atoms with Crippen molar-refractivity contribution in [2.45, 2.75) is 20.0 Å². The van der Waals surface area contributed by atoms with E-state index in [0.29, 0.717) is 24.7 Å². The summed E-state index contributed by atoms with van der Waals surface area (Å²) in [5, 5.41) is 0. The van der Waals surface area contributed by atoms with Crippen molar-refractivity contribution in [3.63, 3.8) is 0 Å². The number of hydrogen-bond donors (Lipinski definition) is 0. The van der Waals surface area contributed by atoms with E-state index in [9.17, 15) is 4.79 Å². The van der Waals surface area contributed by atoms with E-state index in [1.165, 1.54) is 0 Å². The van der Waals surface area contributed by atoms with Crippen molar-refractivity contribution in [2.75, 3.05) is 13.7 Å². The van der Waals surface area contributed by atoms with Crippen LogP contribution in [0.25, 0.3) is 0 Å². The van der Waals surface area contributed by atoms with Gasteiger partial charge in [-0.15, -0.1) is 0 Å². The van der Waals surface area contributed by atoms with Crippen molar-refractivity contribution < 1.29 is 19.0 Å². The molecule has 0 saturated carbocycles. The van der Waals surface area contributed by atoms with Crippen LogP contribution in [0.1, 0.15) is 18.1 Å². The largest absolute Gasteiger partial charge is 0.497 e. The molecule has 0 aliphatic carbocycles. The molecule has 0 aliphatic rings. The van der Waals surface area contributed by atoms with E-state index in [1.54, 1.807) is 26.2 Å². The van der Waals surface area contributed by atoms with Gasteiger partial charge in [-0.1, -0.05) is 34.1 Å². The van der Waals surface area contributed by atoms with Crippen LogP contribution in [0, 0.1) is 0 Å². The number of carbonyl (C=O) groups is 1. The molecule has 122 valence electrons. The predicted octanol–water partition coefficient (Wildman–Crippen LogP) is 4.14. The smallest absolute Gasteiger partial charge is 0.310 e. The van der Waals surface area contributed by atoms with Crippen molar-refractivity contribution in [3.05, 3.63) is 58.1 Å². The lowest BCUT2D eigenvalue weighted by atomic mass is 10.1. The standard InChI is InChI=1S/C18H19BrO4/c1-3-22-18(20)10-14-7-8-16(21-2)11-17(14)23-12-13-5-4-6-15(19)9-13/h4-9,11H,3,10,12H2,1-2H3. The Morgan fingerprint density at radius 2 is 2.00 bits per heavy atom. The molecule has 2 aromatic rings. The minimum atomic E-state index is -0.273. The van der Waals surface area contributed by atoms with E-state index >= 15 is 0 Å². The van der Waals surface area contributed by atoms with Crippen molar-refractivity contribution in [1.29, 1.82) is 0 Å². The van der Waals surface area contributed by atoms with Crippen LogP contribution < -0.4 is 9.47 Å². The van der Waals surface area contributed by atoms with Crippen LogP contribution in [0.4, 0.5) is 0 Å². The number of halogens is 1. The van der Waals surface area contributed by atoms with Crippen LogP contribution >= 0.6 is 15.9 Å². The zero-order valence-electron chi connectivity index (χ0n) is 13.2. The Labute approximate surface area is 144 Å². The first-order valence-corrected chi connectivity index (χ1v) is 8.11. The molecular formula is C18H19BrO4. The highest BCUT2D eigenvalue weighted by molar-refractivity contribution is 9.10. The first-order chi connectivity index (χ1) is 11.1. The monoisotopic (exact) mass is 378 g/mol. The molecule has 2 aromatic carbocycles. The van der Waals surface area contributed by atoms with Crippen LogP contribution in [0.3, 0.4) is 0 Å². The van der Waals surface area contributed by atoms with Crippen LogP contribution in [0.5, 0.6) is 11.5 Å². The minimum Gasteiger partial charge on any atom is -0.497 e. The maximum absolute atomic E-state index is 11.7. The van der Waals surface area contributed by atoms with Crippen molar-refractivity contribution in [2.24, 2.45) is 0 Å². The van der Waals surface area contributed by atoms with Crippen LogP contribution in [0.2, 0.25) is 0 Å². The quantitative estimate of drug-likeness (QED) is 0.679. The first kappa shape index (κ1) is 17.3. The van der Waals surface area contributed by atoms with E-state index in [4.69, 9.17) is 14.2 Å². The second kappa shape index (κ2) is 8.58. The minimum absolute atomic E-state index is 0.172. The van der Waals surface area contributed by atoms with Crippen molar-refractivity contribution >= 4 is 21.9 Å². The molecule has 5 heteroatoms. The molecular weight excluding hydrogens is 360 g/mol. The van der Waals surface area contributed by atoms with Gasteiger partial charge in [0.1, 0.15) is 18.1 Å². The van der Waals surface area contributed by atoms with Gasteiger partial charge in [-0.3, -0.25) is 4.79 Å². The molecule has 0 aromatic heterocycles. The van der Waals surface area contributed by atoms with Gasteiger partial charge in [0.15, 0.2) is 0 Å². The normalized spacial score (nSPS) is 10.2. The van der Waals surface area contributed by atoms with Gasteiger partial charge in [-0.05, 0) is 30.7 Å². The maximum Gasteiger partial charge on any atom is 0.310 e. The van der Waals surface area contributed by atoms with Crippen molar-refractivity contribution in [3.8, 4) is 11.5 Å². The van der Waals surface area contributed by atoms with Gasteiger partial charge in [0, 0.05) is 16.1 Å². The van der Waals surface area contributed by atoms with Gasteiger partial charge < -0.3 is 14.2 Å². The Hall–Kier alpha value is -2.01. The van der Waals surface area contributed by atoms with E-state index in [1.807, 2.05) is 30.3 Å². The van der Waals surface area contributed by atoms with Gasteiger partial charge >= 0.3 is 5.97 Å². The molecule has 4 nitrogen and oxygen atoms in total. The molecule has 0 amide bonds. The molecule has 0 aliphatic heterocycles. The number of carbonyl (C=O) groups excluding carboxylic acids is 1. The van der Waals surface area contributed by atoms with Crippen LogP contribution in [0.15, 0.2) is 46.9 Å². The molecule has 0 heterocycles. The van der Waals surface area contributed by atoms with Crippen LogP contribution in [-0.2, 0) is 22.6 Å². The topological polar surface area (TPSA) is 44.8 Å². The van der Waals surface area contributed by atoms with E-state index in [-0.39, 0.29) is 12.4 Å². The van der Waals surface area contributed by atoms with Crippen LogP contribution in [-0.4, -0.2) is 19.7 Å². The number of hydrogen-bond acceptors (Lipinski definition) is 4. The van der Waals surface area contributed by atoms with E-state index in [0.717, 1.165) is 15.6 Å². The van der Waals surface area contributed by atoms with Gasteiger partial charge in [-0.25, -0.2) is 0 Å². The zero-order valence-corrected chi connectivity index (χ0v) is 14.8. The summed E-state index contributed by atoms with van der Waals surface area (Å²) in [6.07, 6.45) is 0.172. The highest BCUT2D eigenvalue weighted by atomic mass is 79.9. The van der Waals surface area contributed by atoms with Gasteiger partial charge in [0.2, 0.25) is 0 Å². The summed E-state index contributed by atoms with van der Waals surface area (Å²) < 4.78 is 17.1. The van der Waals surface area contributed by atoms with Gasteiger partial charge in [0.25, 0.3) is 0 Å². The fourth-order valence-corrected chi connectivity index (χ4v) is 2.54. The molecule has 0 radical (unpaired) electrons. The zero-order chi connectivity index (χ0) is 16.7. The summed E-state index contributed by atoms with van der Waals surface area (Å²) in [6, 6.07) is 13.3. The summed E-state index contributed by atoms with van der Waals surface area (Å²) in [5.41, 5.74) is 1.81. The third-order valence-electron chi connectivity index (χ3n) is 3.20. The Bertz CT molecular complexity index is 670. The lowest BCUT2D eigenvalue weighted by Crippen LogP contribution is -2.09. The van der Waals surface area contributed by atoms with E-state index < -0.39 is 0 Å². The molecule has 0 bridgehead atoms. The molecule has 2 rings (SSSR count). The molecule has 0 spiro atoms. The average Bonchev–Trinajstić information content (AvgIpc) is 2.54. The Kier molecular flexibility index (Phi) is 6.47. The lowest BCUT2D eigenvalue weighted by Gasteiger charge is -2.13. The summed E-state index contributed by atoms with van der Waals surface area (Å²) in [5.74, 6) is 1.03. The Morgan fingerprint density at radius 1 is 1.17 bits per heavy atom. The molecule has 0 fully saturated rings. The molecule has 0 saturated heterocycles. The van der Waals surface area contributed by atoms with Gasteiger partial charge in [0.05, 0.1) is 20.1 Å². The average molecular weight is 379 g/mol. The highest BCUT2D eigenvalue weighted by Crippen LogP contribution is 2.26. The van der Waals surface area contributed by atoms with Crippen molar-refractivity contribution in [1.82, 2.24) is 0 Å². The lowest BCUT2D eigenvalue weighted by molar-refractivity contribution is -0.142. The highest BCUT2D eigenvalue weighted by Gasteiger charge is 2.11. The fourth-order valence-electron chi connectivity index (χ4n) is 2.10. The summed E-state index contributed by atoms with van der Waals surface area (Å²) in [7, 11) is 1.60. The number of esters is 1. The number of rotatable bonds is 7. The molecule has 0 N–H and O–H groups in total. The molecule has 23 heavy (non-hydrogen) atoms. The molecule has 0 unspecified atom stereocenters.